The Balaban J connectivity index is 1.56. The second-order valence-corrected chi connectivity index (χ2v) is 7.21. The molecule has 0 bridgehead atoms. The molecule has 2 aromatic heterocycles. The van der Waals surface area contributed by atoms with Crippen LogP contribution >= 0.6 is 0 Å². The Hall–Kier alpha value is -3.74. The highest BCUT2D eigenvalue weighted by atomic mass is 16.5. The fraction of sp³-hybridized carbons (Fsp3) is 0.217. The first-order valence-electron chi connectivity index (χ1n) is 9.81. The van der Waals surface area contributed by atoms with Gasteiger partial charge in [-0.05, 0) is 51.5 Å². The van der Waals surface area contributed by atoms with Crippen molar-refractivity contribution in [2.24, 2.45) is 0 Å². The molecule has 0 fully saturated rings. The van der Waals surface area contributed by atoms with Gasteiger partial charge in [-0.25, -0.2) is 9.97 Å². The van der Waals surface area contributed by atoms with Crippen molar-refractivity contribution in [1.82, 2.24) is 20.4 Å². The van der Waals surface area contributed by atoms with Crippen LogP contribution in [0.2, 0.25) is 0 Å². The summed E-state index contributed by atoms with van der Waals surface area (Å²) in [6.45, 7) is 6.24. The molecule has 2 aromatic carbocycles. The van der Waals surface area contributed by atoms with Gasteiger partial charge in [-0.2, -0.15) is 0 Å². The first-order valence-corrected chi connectivity index (χ1v) is 9.81. The number of carbonyl (C=O) groups excluding carboxylic acids is 1. The molecule has 0 aliphatic rings. The van der Waals surface area contributed by atoms with Crippen molar-refractivity contribution in [2.45, 2.75) is 27.2 Å². The second-order valence-electron chi connectivity index (χ2n) is 7.21. The predicted octanol–water partition coefficient (Wildman–Crippen LogP) is 4.26. The minimum atomic E-state index is -0.320. The molecule has 4 aromatic rings. The summed E-state index contributed by atoms with van der Waals surface area (Å²) in [5, 5.41) is 11.0. The summed E-state index contributed by atoms with van der Waals surface area (Å²) in [5.74, 6) is 1.18. The van der Waals surface area contributed by atoms with Crippen LogP contribution in [0.15, 0.2) is 53.1 Å². The van der Waals surface area contributed by atoms with Crippen LogP contribution < -0.4 is 10.6 Å². The molecule has 0 unspecified atom stereocenters. The SMILES string of the molecule is Cc1ccc(Nc2nc(C(=O)NCCc3c(C)noc3C)nc3ccccc23)cc1. The lowest BCUT2D eigenvalue weighted by Crippen LogP contribution is -2.28. The average Bonchev–Trinajstić information content (AvgIpc) is 3.07. The van der Waals surface area contributed by atoms with Gasteiger partial charge < -0.3 is 15.2 Å². The number of nitrogens with zero attached hydrogens (tertiary/aromatic N) is 3. The predicted molar refractivity (Wildman–Crippen MR) is 116 cm³/mol. The van der Waals surface area contributed by atoms with Crippen molar-refractivity contribution in [3.05, 3.63) is 76.9 Å². The van der Waals surface area contributed by atoms with Crippen molar-refractivity contribution in [3.63, 3.8) is 0 Å². The number of hydrogen-bond donors (Lipinski definition) is 2. The monoisotopic (exact) mass is 401 g/mol. The van der Waals surface area contributed by atoms with Crippen LogP contribution in [0.4, 0.5) is 11.5 Å². The largest absolute Gasteiger partial charge is 0.361 e. The molecule has 7 heteroatoms. The summed E-state index contributed by atoms with van der Waals surface area (Å²) >= 11 is 0. The van der Waals surface area contributed by atoms with Crippen LogP contribution in [0, 0.1) is 20.8 Å². The molecule has 0 radical (unpaired) electrons. The highest BCUT2D eigenvalue weighted by Crippen LogP contribution is 2.24. The van der Waals surface area contributed by atoms with Crippen LogP contribution in [-0.2, 0) is 6.42 Å². The third-order valence-corrected chi connectivity index (χ3v) is 4.96. The number of anilines is 2. The third kappa shape index (κ3) is 4.15. The van der Waals surface area contributed by atoms with Gasteiger partial charge in [0.25, 0.3) is 5.91 Å². The molecule has 0 aliphatic carbocycles. The number of para-hydroxylation sites is 1. The van der Waals surface area contributed by atoms with E-state index in [0.29, 0.717) is 24.3 Å². The minimum absolute atomic E-state index is 0.127. The first kappa shape index (κ1) is 19.6. The van der Waals surface area contributed by atoms with Gasteiger partial charge in [0.15, 0.2) is 0 Å². The van der Waals surface area contributed by atoms with Crippen molar-refractivity contribution in [1.29, 1.82) is 0 Å². The van der Waals surface area contributed by atoms with Gasteiger partial charge in [0.1, 0.15) is 11.6 Å². The zero-order chi connectivity index (χ0) is 21.1. The van der Waals surface area contributed by atoms with E-state index in [0.717, 1.165) is 28.1 Å². The topological polar surface area (TPSA) is 92.9 Å². The normalized spacial score (nSPS) is 10.9. The first-order chi connectivity index (χ1) is 14.5. The Kier molecular flexibility index (Phi) is 5.43. The van der Waals surface area contributed by atoms with Gasteiger partial charge in [-0.1, -0.05) is 35.0 Å². The quantitative estimate of drug-likeness (QED) is 0.501. The number of aryl methyl sites for hydroxylation is 3. The van der Waals surface area contributed by atoms with Crippen LogP contribution in [0.1, 0.15) is 33.2 Å². The van der Waals surface area contributed by atoms with Crippen LogP contribution in [0.25, 0.3) is 10.9 Å². The maximum atomic E-state index is 12.7. The van der Waals surface area contributed by atoms with E-state index in [1.807, 2.05) is 69.3 Å². The maximum Gasteiger partial charge on any atom is 0.289 e. The number of amides is 1. The average molecular weight is 401 g/mol. The van der Waals surface area contributed by atoms with E-state index in [4.69, 9.17) is 4.52 Å². The van der Waals surface area contributed by atoms with Crippen LogP contribution in [0.5, 0.6) is 0 Å². The highest BCUT2D eigenvalue weighted by Gasteiger charge is 2.15. The van der Waals surface area contributed by atoms with E-state index < -0.39 is 0 Å². The summed E-state index contributed by atoms with van der Waals surface area (Å²) in [5.41, 5.74) is 4.63. The lowest BCUT2D eigenvalue weighted by atomic mass is 10.1. The van der Waals surface area contributed by atoms with Gasteiger partial charge in [-0.3, -0.25) is 4.79 Å². The van der Waals surface area contributed by atoms with E-state index in [2.05, 4.69) is 25.8 Å². The molecule has 0 spiro atoms. The fourth-order valence-electron chi connectivity index (χ4n) is 3.29. The Morgan fingerprint density at radius 2 is 1.77 bits per heavy atom. The molecular formula is C23H23N5O2. The standard InChI is InChI=1S/C23H23N5O2/c1-14-8-10-17(11-9-14)25-21-19-6-4-5-7-20(19)26-22(27-21)23(29)24-13-12-18-15(2)28-30-16(18)3/h4-11H,12-13H2,1-3H3,(H,24,29)(H,25,26,27). The molecule has 2 N–H and O–H groups in total. The van der Waals surface area contributed by atoms with E-state index in [-0.39, 0.29) is 11.7 Å². The second kappa shape index (κ2) is 8.32. The Bertz CT molecular complexity index is 1180. The molecule has 4 rings (SSSR count). The molecular weight excluding hydrogens is 378 g/mol. The summed E-state index contributed by atoms with van der Waals surface area (Å²) in [7, 11) is 0. The fourth-order valence-corrected chi connectivity index (χ4v) is 3.29. The molecule has 0 aliphatic heterocycles. The number of nitrogens with one attached hydrogen (secondary N) is 2. The van der Waals surface area contributed by atoms with E-state index in [1.165, 1.54) is 5.56 Å². The number of aromatic nitrogens is 3. The van der Waals surface area contributed by atoms with Crippen molar-refractivity contribution in [2.75, 3.05) is 11.9 Å². The smallest absolute Gasteiger partial charge is 0.289 e. The maximum absolute atomic E-state index is 12.7. The van der Waals surface area contributed by atoms with Crippen LogP contribution in [0.3, 0.4) is 0 Å². The lowest BCUT2D eigenvalue weighted by Gasteiger charge is -2.11. The Labute approximate surface area is 174 Å². The number of rotatable bonds is 6. The molecule has 1 amide bonds. The number of fused-ring (bicyclic) bond motifs is 1. The number of hydrogen-bond acceptors (Lipinski definition) is 6. The molecule has 7 nitrogen and oxygen atoms in total. The number of carbonyl (C=O) groups is 1. The minimum Gasteiger partial charge on any atom is -0.361 e. The van der Waals surface area contributed by atoms with Crippen molar-refractivity contribution >= 4 is 28.3 Å². The summed E-state index contributed by atoms with van der Waals surface area (Å²) < 4.78 is 5.17. The molecule has 0 saturated carbocycles. The summed E-state index contributed by atoms with van der Waals surface area (Å²) in [6, 6.07) is 15.6. The van der Waals surface area contributed by atoms with Gasteiger partial charge in [0.05, 0.1) is 11.2 Å². The van der Waals surface area contributed by atoms with Gasteiger partial charge in [0, 0.05) is 23.2 Å². The molecule has 30 heavy (non-hydrogen) atoms. The Morgan fingerprint density at radius 3 is 2.50 bits per heavy atom. The van der Waals surface area contributed by atoms with E-state index >= 15 is 0 Å². The van der Waals surface area contributed by atoms with E-state index in [9.17, 15) is 4.79 Å². The van der Waals surface area contributed by atoms with Crippen molar-refractivity contribution in [3.8, 4) is 0 Å². The zero-order valence-corrected chi connectivity index (χ0v) is 17.2. The van der Waals surface area contributed by atoms with Gasteiger partial charge in [-0.15, -0.1) is 0 Å². The van der Waals surface area contributed by atoms with Gasteiger partial charge in [0.2, 0.25) is 5.82 Å². The third-order valence-electron chi connectivity index (χ3n) is 4.96. The molecule has 0 saturated heterocycles. The Morgan fingerprint density at radius 1 is 1.00 bits per heavy atom. The molecule has 152 valence electrons. The van der Waals surface area contributed by atoms with E-state index in [1.54, 1.807) is 0 Å². The molecule has 2 heterocycles. The van der Waals surface area contributed by atoms with Gasteiger partial charge >= 0.3 is 0 Å². The number of benzene rings is 2. The summed E-state index contributed by atoms with van der Waals surface area (Å²) in [6.07, 6.45) is 0.634. The zero-order valence-electron chi connectivity index (χ0n) is 17.2. The lowest BCUT2D eigenvalue weighted by molar-refractivity contribution is 0.0944. The molecule has 0 atom stereocenters. The van der Waals surface area contributed by atoms with Crippen molar-refractivity contribution < 1.29 is 9.32 Å². The van der Waals surface area contributed by atoms with Crippen LogP contribution in [-0.4, -0.2) is 27.6 Å². The highest BCUT2D eigenvalue weighted by molar-refractivity contribution is 5.97. The summed E-state index contributed by atoms with van der Waals surface area (Å²) in [4.78, 5) is 21.7.